The monoisotopic (exact) mass is 347 g/mol. The third-order valence-corrected chi connectivity index (χ3v) is 5.67. The van der Waals surface area contributed by atoms with Crippen LogP contribution in [0.3, 0.4) is 0 Å². The predicted octanol–water partition coefficient (Wildman–Crippen LogP) is 2.29. The highest BCUT2D eigenvalue weighted by molar-refractivity contribution is 5.80. The number of rotatable bonds is 5. The van der Waals surface area contributed by atoms with Crippen LogP contribution in [-0.4, -0.2) is 49.7 Å². The molecule has 2 aliphatic heterocycles. The maximum atomic E-state index is 12.3. The Bertz CT molecular complexity index is 688. The number of fused-ring (bicyclic) bond motifs is 1. The van der Waals surface area contributed by atoms with Gasteiger partial charge in [0.25, 0.3) is 0 Å². The standard InChI is InChI=1S/C19H25NO5/c1-5-19(13-6-7-14(23-3)15(10-13)24-4)16-8-9-18(22)20(16)11-17(19)25-12(2)21/h6-7,10,16-17H,5,8-9,11H2,1-4H3/t16-,17-,19-/m1/s1. The van der Waals surface area contributed by atoms with E-state index in [1.165, 1.54) is 6.92 Å². The van der Waals surface area contributed by atoms with Gasteiger partial charge in [-0.2, -0.15) is 0 Å². The Labute approximate surface area is 148 Å². The summed E-state index contributed by atoms with van der Waals surface area (Å²) in [5.41, 5.74) is 0.582. The first-order chi connectivity index (χ1) is 12.0. The number of methoxy groups -OCH3 is 2. The van der Waals surface area contributed by atoms with Gasteiger partial charge < -0.3 is 19.1 Å². The second kappa shape index (κ2) is 6.58. The Morgan fingerprint density at radius 2 is 2.00 bits per heavy atom. The lowest BCUT2D eigenvalue weighted by Gasteiger charge is -2.38. The Balaban J connectivity index is 2.11. The van der Waals surface area contributed by atoms with Crippen LogP contribution in [0.15, 0.2) is 18.2 Å². The molecule has 2 aliphatic rings. The van der Waals surface area contributed by atoms with Crippen molar-refractivity contribution in [3.63, 3.8) is 0 Å². The number of hydrogen-bond donors (Lipinski definition) is 0. The lowest BCUT2D eigenvalue weighted by atomic mass is 9.69. The van der Waals surface area contributed by atoms with Crippen LogP contribution < -0.4 is 9.47 Å². The first-order valence-corrected chi connectivity index (χ1v) is 8.67. The normalized spacial score (nSPS) is 28.0. The maximum absolute atomic E-state index is 12.3. The van der Waals surface area contributed by atoms with Gasteiger partial charge in [0.2, 0.25) is 5.91 Å². The summed E-state index contributed by atoms with van der Waals surface area (Å²) >= 11 is 0. The number of benzene rings is 1. The zero-order chi connectivity index (χ0) is 18.2. The van der Waals surface area contributed by atoms with Crippen molar-refractivity contribution in [1.82, 2.24) is 4.90 Å². The van der Waals surface area contributed by atoms with E-state index in [1.54, 1.807) is 14.2 Å². The van der Waals surface area contributed by atoms with Crippen LogP contribution in [0.1, 0.15) is 38.7 Å². The quantitative estimate of drug-likeness (QED) is 0.765. The molecule has 0 aromatic heterocycles. The van der Waals surface area contributed by atoms with Gasteiger partial charge in [0.15, 0.2) is 11.5 Å². The smallest absolute Gasteiger partial charge is 0.302 e. The fourth-order valence-corrected chi connectivity index (χ4v) is 4.57. The third-order valence-electron chi connectivity index (χ3n) is 5.67. The third kappa shape index (κ3) is 2.64. The summed E-state index contributed by atoms with van der Waals surface area (Å²) < 4.78 is 16.5. The van der Waals surface area contributed by atoms with Crippen LogP contribution in [0.5, 0.6) is 11.5 Å². The van der Waals surface area contributed by atoms with E-state index in [4.69, 9.17) is 14.2 Å². The molecular formula is C19H25NO5. The molecule has 3 atom stereocenters. The average Bonchev–Trinajstić information content (AvgIpc) is 3.11. The van der Waals surface area contributed by atoms with Crippen molar-refractivity contribution >= 4 is 11.9 Å². The fourth-order valence-electron chi connectivity index (χ4n) is 4.57. The number of hydrogen-bond acceptors (Lipinski definition) is 5. The van der Waals surface area contributed by atoms with Crippen molar-refractivity contribution < 1.29 is 23.8 Å². The highest BCUT2D eigenvalue weighted by Gasteiger charge is 2.59. The molecule has 0 bridgehead atoms. The first kappa shape index (κ1) is 17.6. The van der Waals surface area contributed by atoms with Crippen molar-refractivity contribution in [1.29, 1.82) is 0 Å². The highest BCUT2D eigenvalue weighted by atomic mass is 16.5. The second-order valence-corrected chi connectivity index (χ2v) is 6.66. The minimum absolute atomic E-state index is 0.0347. The molecule has 2 heterocycles. The zero-order valence-corrected chi connectivity index (χ0v) is 15.2. The molecule has 0 unspecified atom stereocenters. The first-order valence-electron chi connectivity index (χ1n) is 8.67. The van der Waals surface area contributed by atoms with Crippen molar-refractivity contribution in [2.24, 2.45) is 0 Å². The summed E-state index contributed by atoms with van der Waals surface area (Å²) in [4.78, 5) is 25.9. The molecule has 1 aromatic carbocycles. The fraction of sp³-hybridized carbons (Fsp3) is 0.579. The summed E-state index contributed by atoms with van der Waals surface area (Å²) in [6, 6.07) is 5.85. The van der Waals surface area contributed by atoms with Crippen LogP contribution in [0.25, 0.3) is 0 Å². The summed E-state index contributed by atoms with van der Waals surface area (Å²) in [7, 11) is 3.20. The minimum atomic E-state index is -0.433. The second-order valence-electron chi connectivity index (χ2n) is 6.66. The molecule has 6 nitrogen and oxygen atoms in total. The van der Waals surface area contributed by atoms with E-state index in [2.05, 4.69) is 6.92 Å². The van der Waals surface area contributed by atoms with Crippen molar-refractivity contribution in [3.8, 4) is 11.5 Å². The van der Waals surface area contributed by atoms with Gasteiger partial charge in [-0.3, -0.25) is 9.59 Å². The van der Waals surface area contributed by atoms with E-state index in [0.29, 0.717) is 24.5 Å². The maximum Gasteiger partial charge on any atom is 0.302 e. The Morgan fingerprint density at radius 3 is 2.60 bits per heavy atom. The number of nitrogens with zero attached hydrogens (tertiary/aromatic N) is 1. The number of carbonyl (C=O) groups excluding carboxylic acids is 2. The summed E-state index contributed by atoms with van der Waals surface area (Å²) in [6.07, 6.45) is 1.72. The SMILES string of the molecule is CC[C@]1(c2ccc(OC)c(OC)c2)[C@H](OC(C)=O)CN2C(=O)CC[C@@H]21. The lowest BCUT2D eigenvalue weighted by Crippen LogP contribution is -2.46. The van der Waals surface area contributed by atoms with Crippen molar-refractivity contribution in [2.45, 2.75) is 50.7 Å². The molecule has 0 saturated carbocycles. The molecular weight excluding hydrogens is 322 g/mol. The van der Waals surface area contributed by atoms with E-state index >= 15 is 0 Å². The van der Waals surface area contributed by atoms with E-state index in [9.17, 15) is 9.59 Å². The molecule has 6 heteroatoms. The molecule has 3 rings (SSSR count). The predicted molar refractivity (Wildman–Crippen MR) is 91.8 cm³/mol. The zero-order valence-electron chi connectivity index (χ0n) is 15.2. The Hall–Kier alpha value is -2.24. The van der Waals surface area contributed by atoms with Crippen molar-refractivity contribution in [3.05, 3.63) is 23.8 Å². The van der Waals surface area contributed by atoms with Crippen LogP contribution in [0, 0.1) is 0 Å². The van der Waals surface area contributed by atoms with E-state index < -0.39 is 5.41 Å². The molecule has 1 amide bonds. The van der Waals surface area contributed by atoms with Crippen LogP contribution >= 0.6 is 0 Å². The van der Waals surface area contributed by atoms with Crippen molar-refractivity contribution in [2.75, 3.05) is 20.8 Å². The summed E-state index contributed by atoms with van der Waals surface area (Å²) in [5, 5.41) is 0. The van der Waals surface area contributed by atoms with E-state index in [1.807, 2.05) is 23.1 Å². The topological polar surface area (TPSA) is 65.1 Å². The molecule has 0 N–H and O–H groups in total. The highest BCUT2D eigenvalue weighted by Crippen LogP contribution is 2.50. The molecule has 1 aromatic rings. The van der Waals surface area contributed by atoms with Gasteiger partial charge in [0, 0.05) is 19.4 Å². The van der Waals surface area contributed by atoms with Gasteiger partial charge in [-0.25, -0.2) is 0 Å². The Morgan fingerprint density at radius 1 is 1.28 bits per heavy atom. The van der Waals surface area contributed by atoms with Gasteiger partial charge in [0.05, 0.1) is 26.2 Å². The summed E-state index contributed by atoms with van der Waals surface area (Å²) in [5.74, 6) is 1.10. The number of carbonyl (C=O) groups is 2. The largest absolute Gasteiger partial charge is 0.493 e. The van der Waals surface area contributed by atoms with Crippen LogP contribution in [0.4, 0.5) is 0 Å². The number of amides is 1. The molecule has 0 aliphatic carbocycles. The van der Waals surface area contributed by atoms with Gasteiger partial charge in [-0.1, -0.05) is 13.0 Å². The average molecular weight is 347 g/mol. The number of ether oxygens (including phenoxy) is 3. The van der Waals surface area contributed by atoms with E-state index in [-0.39, 0.29) is 24.0 Å². The number of esters is 1. The minimum Gasteiger partial charge on any atom is -0.493 e. The molecule has 136 valence electrons. The van der Waals surface area contributed by atoms with Gasteiger partial charge in [0.1, 0.15) is 6.10 Å². The van der Waals surface area contributed by atoms with E-state index in [0.717, 1.165) is 18.4 Å². The van der Waals surface area contributed by atoms with Crippen LogP contribution in [-0.2, 0) is 19.7 Å². The Kier molecular flexibility index (Phi) is 4.62. The lowest BCUT2D eigenvalue weighted by molar-refractivity contribution is -0.149. The van der Waals surface area contributed by atoms with Gasteiger partial charge >= 0.3 is 5.97 Å². The van der Waals surface area contributed by atoms with Crippen LogP contribution in [0.2, 0.25) is 0 Å². The molecule has 25 heavy (non-hydrogen) atoms. The molecule has 0 radical (unpaired) electrons. The molecule has 2 saturated heterocycles. The van der Waals surface area contributed by atoms with Gasteiger partial charge in [-0.05, 0) is 30.5 Å². The molecule has 0 spiro atoms. The summed E-state index contributed by atoms with van der Waals surface area (Å²) in [6.45, 7) is 3.95. The van der Waals surface area contributed by atoms with Gasteiger partial charge in [-0.15, -0.1) is 0 Å². The molecule has 2 fully saturated rings.